The maximum atomic E-state index is 9.08. The number of benzene rings is 2. The zero-order valence-electron chi connectivity index (χ0n) is 9.82. The van der Waals surface area contributed by atoms with Crippen LogP contribution in [0.2, 0.25) is 0 Å². The van der Waals surface area contributed by atoms with Gasteiger partial charge in [-0.2, -0.15) is 4.80 Å². The first-order chi connectivity index (χ1) is 8.88. The lowest BCUT2D eigenvalue weighted by Gasteiger charge is -2.06. The van der Waals surface area contributed by atoms with E-state index in [2.05, 4.69) is 10.2 Å². The van der Waals surface area contributed by atoms with Crippen molar-refractivity contribution in [1.82, 2.24) is 15.0 Å². The molecule has 0 aliphatic rings. The van der Waals surface area contributed by atoms with E-state index in [9.17, 15) is 0 Å². The van der Waals surface area contributed by atoms with Crippen LogP contribution in [0.4, 0.5) is 0 Å². The largest absolute Gasteiger partial charge is 0.396 e. The summed E-state index contributed by atoms with van der Waals surface area (Å²) >= 11 is 0. The molecule has 0 atom stereocenters. The van der Waals surface area contributed by atoms with Gasteiger partial charge in [-0.1, -0.05) is 30.3 Å². The Kier molecular flexibility index (Phi) is 2.78. The summed E-state index contributed by atoms with van der Waals surface area (Å²) in [4.78, 5) is 1.63. The quantitative estimate of drug-likeness (QED) is 0.760. The molecule has 0 spiro atoms. The number of aliphatic hydroxyl groups excluding tert-OH is 1. The lowest BCUT2D eigenvalue weighted by Crippen LogP contribution is -2.04. The molecule has 0 radical (unpaired) electrons. The van der Waals surface area contributed by atoms with Crippen LogP contribution in [0, 0.1) is 0 Å². The van der Waals surface area contributed by atoms with Gasteiger partial charge in [-0.15, -0.1) is 10.2 Å². The zero-order valence-corrected chi connectivity index (χ0v) is 9.82. The second kappa shape index (κ2) is 4.58. The molecule has 0 fully saturated rings. The predicted octanol–water partition coefficient (Wildman–Crippen LogP) is 1.96. The fourth-order valence-electron chi connectivity index (χ4n) is 2.01. The molecule has 1 aromatic heterocycles. The van der Waals surface area contributed by atoms with E-state index >= 15 is 0 Å². The highest BCUT2D eigenvalue weighted by Gasteiger charge is 2.07. The third kappa shape index (κ3) is 1.87. The van der Waals surface area contributed by atoms with Crippen LogP contribution in [0.25, 0.3) is 16.7 Å². The highest BCUT2D eigenvalue weighted by Crippen LogP contribution is 2.16. The summed E-state index contributed by atoms with van der Waals surface area (Å²) in [6.07, 6.45) is 0.605. The fourth-order valence-corrected chi connectivity index (χ4v) is 2.01. The molecule has 0 unspecified atom stereocenters. The molecule has 3 rings (SSSR count). The summed E-state index contributed by atoms with van der Waals surface area (Å²) in [5, 5.41) is 18.0. The van der Waals surface area contributed by atoms with Gasteiger partial charge in [-0.3, -0.25) is 0 Å². The molecule has 2 aromatic carbocycles. The molecule has 4 heteroatoms. The molecule has 4 nitrogen and oxygen atoms in total. The van der Waals surface area contributed by atoms with E-state index in [0.29, 0.717) is 6.42 Å². The van der Waals surface area contributed by atoms with Gasteiger partial charge in [-0.05, 0) is 30.2 Å². The highest BCUT2D eigenvalue weighted by atomic mass is 16.2. The van der Waals surface area contributed by atoms with Gasteiger partial charge in [0.15, 0.2) is 0 Å². The average molecular weight is 239 g/mol. The molecular formula is C14H13N3O. The molecule has 1 heterocycles. The maximum absolute atomic E-state index is 9.08. The normalized spacial score (nSPS) is 10.9. The molecule has 0 amide bonds. The highest BCUT2D eigenvalue weighted by molar-refractivity contribution is 5.73. The van der Waals surface area contributed by atoms with Gasteiger partial charge in [0.05, 0.1) is 5.69 Å². The van der Waals surface area contributed by atoms with E-state index in [1.807, 2.05) is 48.5 Å². The Morgan fingerprint density at radius 3 is 2.17 bits per heavy atom. The van der Waals surface area contributed by atoms with Crippen LogP contribution in [-0.2, 0) is 6.42 Å². The van der Waals surface area contributed by atoms with Crippen molar-refractivity contribution in [2.45, 2.75) is 6.42 Å². The van der Waals surface area contributed by atoms with Crippen LogP contribution in [0.3, 0.4) is 0 Å². The van der Waals surface area contributed by atoms with E-state index in [1.165, 1.54) is 0 Å². The minimum atomic E-state index is 0.123. The summed E-state index contributed by atoms with van der Waals surface area (Å²) in [5.74, 6) is 0. The van der Waals surface area contributed by atoms with E-state index in [4.69, 9.17) is 5.11 Å². The number of aliphatic hydroxyl groups is 1. The van der Waals surface area contributed by atoms with Crippen molar-refractivity contribution in [3.63, 3.8) is 0 Å². The molecular weight excluding hydrogens is 226 g/mol. The van der Waals surface area contributed by atoms with Crippen LogP contribution >= 0.6 is 0 Å². The van der Waals surface area contributed by atoms with Crippen molar-refractivity contribution >= 4 is 11.0 Å². The number of rotatable bonds is 3. The minimum absolute atomic E-state index is 0.123. The smallest absolute Gasteiger partial charge is 0.113 e. The number of hydrogen-bond acceptors (Lipinski definition) is 3. The molecule has 0 aliphatic heterocycles. The molecule has 0 bridgehead atoms. The third-order valence-corrected chi connectivity index (χ3v) is 2.87. The van der Waals surface area contributed by atoms with Crippen molar-refractivity contribution in [3.05, 3.63) is 54.1 Å². The summed E-state index contributed by atoms with van der Waals surface area (Å²) in [7, 11) is 0. The van der Waals surface area contributed by atoms with Gasteiger partial charge < -0.3 is 5.11 Å². The molecule has 0 aliphatic carbocycles. The zero-order chi connectivity index (χ0) is 12.4. The van der Waals surface area contributed by atoms with E-state index < -0.39 is 0 Å². The van der Waals surface area contributed by atoms with E-state index in [1.54, 1.807) is 4.80 Å². The van der Waals surface area contributed by atoms with Gasteiger partial charge >= 0.3 is 0 Å². The Morgan fingerprint density at radius 1 is 0.889 bits per heavy atom. The van der Waals surface area contributed by atoms with Crippen molar-refractivity contribution in [2.75, 3.05) is 6.61 Å². The first-order valence-electron chi connectivity index (χ1n) is 5.90. The Balaban J connectivity index is 2.13. The number of fused-ring (bicyclic) bond motifs is 1. The maximum Gasteiger partial charge on any atom is 0.113 e. The Bertz CT molecular complexity index is 642. The fraction of sp³-hybridized carbons (Fsp3) is 0.143. The first kappa shape index (κ1) is 10.9. The SMILES string of the molecule is OCCc1ccccc1-n1nc2ccccc2n1. The van der Waals surface area contributed by atoms with E-state index in [0.717, 1.165) is 22.3 Å². The van der Waals surface area contributed by atoms with Gasteiger partial charge in [-0.25, -0.2) is 0 Å². The lowest BCUT2D eigenvalue weighted by molar-refractivity contribution is 0.299. The minimum Gasteiger partial charge on any atom is -0.396 e. The first-order valence-corrected chi connectivity index (χ1v) is 5.90. The molecule has 0 saturated heterocycles. The molecule has 18 heavy (non-hydrogen) atoms. The average Bonchev–Trinajstić information content (AvgIpc) is 2.83. The van der Waals surface area contributed by atoms with Gasteiger partial charge in [0.1, 0.15) is 11.0 Å². The number of hydrogen-bond donors (Lipinski definition) is 1. The van der Waals surface area contributed by atoms with E-state index in [-0.39, 0.29) is 6.61 Å². The summed E-state index contributed by atoms with van der Waals surface area (Å²) < 4.78 is 0. The predicted molar refractivity (Wildman–Crippen MR) is 69.7 cm³/mol. The van der Waals surface area contributed by atoms with Crippen LogP contribution in [-0.4, -0.2) is 26.7 Å². The Labute approximate surface area is 104 Å². The molecule has 1 N–H and O–H groups in total. The molecule has 0 saturated carbocycles. The van der Waals surface area contributed by atoms with Gasteiger partial charge in [0.25, 0.3) is 0 Å². The second-order valence-electron chi connectivity index (χ2n) is 4.08. The third-order valence-electron chi connectivity index (χ3n) is 2.87. The van der Waals surface area contributed by atoms with Gasteiger partial charge in [0.2, 0.25) is 0 Å². The lowest BCUT2D eigenvalue weighted by atomic mass is 10.1. The summed E-state index contributed by atoms with van der Waals surface area (Å²) in [6, 6.07) is 15.6. The van der Waals surface area contributed by atoms with Crippen LogP contribution in [0.5, 0.6) is 0 Å². The van der Waals surface area contributed by atoms with Gasteiger partial charge in [0, 0.05) is 6.61 Å². The second-order valence-corrected chi connectivity index (χ2v) is 4.08. The van der Waals surface area contributed by atoms with Crippen LogP contribution in [0.15, 0.2) is 48.5 Å². The van der Waals surface area contributed by atoms with Crippen molar-refractivity contribution in [1.29, 1.82) is 0 Å². The standard InChI is InChI=1S/C14H13N3O/c18-10-9-11-5-1-4-8-14(11)17-15-12-6-2-3-7-13(12)16-17/h1-8,18H,9-10H2. The van der Waals surface area contributed by atoms with Crippen LogP contribution < -0.4 is 0 Å². The monoisotopic (exact) mass is 239 g/mol. The van der Waals surface area contributed by atoms with Crippen molar-refractivity contribution < 1.29 is 5.11 Å². The number of nitrogens with zero attached hydrogens (tertiary/aromatic N) is 3. The number of aromatic nitrogens is 3. The van der Waals surface area contributed by atoms with Crippen molar-refractivity contribution in [2.24, 2.45) is 0 Å². The molecule has 90 valence electrons. The topological polar surface area (TPSA) is 50.9 Å². The Hall–Kier alpha value is -2.20. The van der Waals surface area contributed by atoms with Crippen molar-refractivity contribution in [3.8, 4) is 5.69 Å². The molecule has 3 aromatic rings. The van der Waals surface area contributed by atoms with Crippen LogP contribution in [0.1, 0.15) is 5.56 Å². The Morgan fingerprint density at radius 2 is 1.50 bits per heavy atom. The summed E-state index contributed by atoms with van der Waals surface area (Å²) in [5.41, 5.74) is 3.70. The number of para-hydroxylation sites is 1. The summed E-state index contributed by atoms with van der Waals surface area (Å²) in [6.45, 7) is 0.123.